The van der Waals surface area contributed by atoms with Gasteiger partial charge in [-0.05, 0) is 32.0 Å². The summed E-state index contributed by atoms with van der Waals surface area (Å²) in [6.45, 7) is 5.22. The largest absolute Gasteiger partial charge is 0.377 e. The number of aryl methyl sites for hydroxylation is 2. The fraction of sp³-hybridized carbons (Fsp3) is 0.269. The predicted octanol–water partition coefficient (Wildman–Crippen LogP) is 4.48. The summed E-state index contributed by atoms with van der Waals surface area (Å²) in [5, 5.41) is 0. The third-order valence-corrected chi connectivity index (χ3v) is 6.91. The Balaban J connectivity index is 1.26. The van der Waals surface area contributed by atoms with E-state index in [1.165, 1.54) is 5.56 Å². The number of pyridine rings is 1. The van der Waals surface area contributed by atoms with E-state index in [9.17, 15) is 8.42 Å². The van der Waals surface area contributed by atoms with Crippen LogP contribution >= 0.6 is 0 Å². The van der Waals surface area contributed by atoms with Crippen LogP contribution in [0.15, 0.2) is 78.0 Å². The minimum absolute atomic E-state index is 0.0260. The number of imidazole rings is 1. The van der Waals surface area contributed by atoms with Gasteiger partial charge in [0.1, 0.15) is 5.65 Å². The molecule has 34 heavy (non-hydrogen) atoms. The van der Waals surface area contributed by atoms with Gasteiger partial charge in [-0.2, -0.15) is 8.42 Å². The Morgan fingerprint density at radius 1 is 0.912 bits per heavy atom. The summed E-state index contributed by atoms with van der Waals surface area (Å²) in [4.78, 5) is 6.99. The molecule has 2 aromatic heterocycles. The number of benzene rings is 2. The molecule has 0 radical (unpaired) electrons. The molecule has 2 heterocycles. The average Bonchev–Trinajstić information content (AvgIpc) is 3.25. The summed E-state index contributed by atoms with van der Waals surface area (Å²) in [5.41, 5.74) is 6.13. The van der Waals surface area contributed by atoms with Gasteiger partial charge in [-0.15, -0.1) is 0 Å². The molecule has 178 valence electrons. The first-order chi connectivity index (χ1) is 16.3. The zero-order valence-electron chi connectivity index (χ0n) is 19.6. The van der Waals surface area contributed by atoms with Crippen molar-refractivity contribution in [1.82, 2.24) is 9.38 Å². The molecule has 0 fully saturated rings. The SMILES string of the molecule is Cc1ccc(-c2cn3ccc(N(C)CCOCCOS(=O)(=O)c4ccc(C)cc4)cc3n2)cc1. The third kappa shape index (κ3) is 5.83. The van der Waals surface area contributed by atoms with Crippen molar-refractivity contribution in [2.24, 2.45) is 0 Å². The van der Waals surface area contributed by atoms with E-state index in [2.05, 4.69) is 36.1 Å². The smallest absolute Gasteiger partial charge is 0.297 e. The zero-order chi connectivity index (χ0) is 24.1. The Labute approximate surface area is 200 Å². The molecule has 0 saturated carbocycles. The molecule has 0 aliphatic rings. The molecule has 0 unspecified atom stereocenters. The maximum absolute atomic E-state index is 12.2. The Hall–Kier alpha value is -3.20. The van der Waals surface area contributed by atoms with Gasteiger partial charge in [0.15, 0.2) is 0 Å². The van der Waals surface area contributed by atoms with Crippen molar-refractivity contribution in [3.63, 3.8) is 0 Å². The van der Waals surface area contributed by atoms with Crippen LogP contribution in [0.4, 0.5) is 5.69 Å². The first-order valence-electron chi connectivity index (χ1n) is 11.1. The lowest BCUT2D eigenvalue weighted by atomic mass is 10.1. The standard InChI is InChI=1S/C26H29N3O4S/c1-20-4-8-22(9-5-20)25-19-29-13-12-23(18-26(29)27-25)28(3)14-15-32-16-17-33-34(30,31)24-10-6-21(2)7-11-24/h4-13,18-19H,14-17H2,1-3H3. The van der Waals surface area contributed by atoms with Crippen LogP contribution in [0, 0.1) is 13.8 Å². The zero-order valence-corrected chi connectivity index (χ0v) is 20.5. The summed E-state index contributed by atoms with van der Waals surface area (Å²) >= 11 is 0. The van der Waals surface area contributed by atoms with E-state index in [-0.39, 0.29) is 18.1 Å². The number of hydrogen-bond acceptors (Lipinski definition) is 6. The molecule has 0 spiro atoms. The highest BCUT2D eigenvalue weighted by Gasteiger charge is 2.14. The monoisotopic (exact) mass is 479 g/mol. The molecule has 4 rings (SSSR count). The highest BCUT2D eigenvalue weighted by Crippen LogP contribution is 2.22. The van der Waals surface area contributed by atoms with Crippen molar-refractivity contribution in [3.05, 3.63) is 84.2 Å². The minimum Gasteiger partial charge on any atom is -0.377 e. The Bertz CT molecular complexity index is 1350. The number of fused-ring (bicyclic) bond motifs is 1. The summed E-state index contributed by atoms with van der Waals surface area (Å²) in [6.07, 6.45) is 4.02. The third-order valence-electron chi connectivity index (χ3n) is 5.58. The molecular formula is C26H29N3O4S. The van der Waals surface area contributed by atoms with E-state index < -0.39 is 10.1 Å². The topological polar surface area (TPSA) is 73.1 Å². The van der Waals surface area contributed by atoms with E-state index in [0.717, 1.165) is 28.2 Å². The maximum atomic E-state index is 12.2. The second kappa shape index (κ2) is 10.4. The summed E-state index contributed by atoms with van der Waals surface area (Å²) in [5.74, 6) is 0. The molecule has 4 aromatic rings. The molecular weight excluding hydrogens is 450 g/mol. The van der Waals surface area contributed by atoms with Crippen molar-refractivity contribution in [3.8, 4) is 11.3 Å². The number of ether oxygens (including phenoxy) is 1. The molecule has 8 heteroatoms. The average molecular weight is 480 g/mol. The number of likely N-dealkylation sites (N-methyl/N-ethyl adjacent to an activating group) is 1. The van der Waals surface area contributed by atoms with Crippen LogP contribution in [-0.2, 0) is 19.0 Å². The van der Waals surface area contributed by atoms with Crippen LogP contribution in [0.5, 0.6) is 0 Å². The summed E-state index contributed by atoms with van der Waals surface area (Å²) in [7, 11) is -1.78. The number of aromatic nitrogens is 2. The van der Waals surface area contributed by atoms with Crippen LogP contribution in [0.2, 0.25) is 0 Å². The number of hydrogen-bond donors (Lipinski definition) is 0. The second-order valence-electron chi connectivity index (χ2n) is 8.27. The van der Waals surface area contributed by atoms with Gasteiger partial charge >= 0.3 is 0 Å². The van der Waals surface area contributed by atoms with Gasteiger partial charge in [0.25, 0.3) is 10.1 Å². The molecule has 0 bridgehead atoms. The van der Waals surface area contributed by atoms with E-state index in [1.54, 1.807) is 24.3 Å². The summed E-state index contributed by atoms with van der Waals surface area (Å²) in [6, 6.07) is 19.0. The van der Waals surface area contributed by atoms with E-state index in [1.807, 2.05) is 42.9 Å². The van der Waals surface area contributed by atoms with Crippen molar-refractivity contribution in [1.29, 1.82) is 0 Å². The van der Waals surface area contributed by atoms with E-state index in [4.69, 9.17) is 13.9 Å². The van der Waals surface area contributed by atoms with Crippen molar-refractivity contribution in [2.45, 2.75) is 18.7 Å². The molecule has 0 aliphatic heterocycles. The normalized spacial score (nSPS) is 11.7. The fourth-order valence-corrected chi connectivity index (χ4v) is 4.37. The summed E-state index contributed by atoms with van der Waals surface area (Å²) < 4.78 is 37.0. The molecule has 0 atom stereocenters. The fourth-order valence-electron chi connectivity index (χ4n) is 3.48. The molecule has 2 aromatic carbocycles. The van der Waals surface area contributed by atoms with Gasteiger partial charge < -0.3 is 14.0 Å². The van der Waals surface area contributed by atoms with Crippen molar-refractivity contribution >= 4 is 21.5 Å². The lowest BCUT2D eigenvalue weighted by molar-refractivity contribution is 0.107. The first-order valence-corrected chi connectivity index (χ1v) is 12.5. The number of rotatable bonds is 10. The van der Waals surface area contributed by atoms with Gasteiger partial charge in [0.05, 0.1) is 30.4 Å². The molecule has 0 N–H and O–H groups in total. The molecule has 0 saturated heterocycles. The van der Waals surface area contributed by atoms with Crippen molar-refractivity contribution in [2.75, 3.05) is 38.3 Å². The Morgan fingerprint density at radius 2 is 1.59 bits per heavy atom. The van der Waals surface area contributed by atoms with Gasteiger partial charge in [0, 0.05) is 43.3 Å². The van der Waals surface area contributed by atoms with Crippen LogP contribution < -0.4 is 4.90 Å². The predicted molar refractivity (Wildman–Crippen MR) is 134 cm³/mol. The van der Waals surface area contributed by atoms with E-state index in [0.29, 0.717) is 13.2 Å². The van der Waals surface area contributed by atoms with Gasteiger partial charge in [-0.1, -0.05) is 47.5 Å². The number of nitrogens with zero attached hydrogens (tertiary/aromatic N) is 3. The molecule has 0 aliphatic carbocycles. The van der Waals surface area contributed by atoms with Crippen molar-refractivity contribution < 1.29 is 17.3 Å². The van der Waals surface area contributed by atoms with Crippen LogP contribution in [-0.4, -0.2) is 51.2 Å². The molecule has 7 nitrogen and oxygen atoms in total. The second-order valence-corrected chi connectivity index (χ2v) is 9.88. The van der Waals surface area contributed by atoms with Gasteiger partial charge in [-0.3, -0.25) is 4.18 Å². The quantitative estimate of drug-likeness (QED) is 0.247. The van der Waals surface area contributed by atoms with Gasteiger partial charge in [-0.25, -0.2) is 4.98 Å². The number of anilines is 1. The highest BCUT2D eigenvalue weighted by atomic mass is 32.2. The van der Waals surface area contributed by atoms with Crippen LogP contribution in [0.1, 0.15) is 11.1 Å². The lowest BCUT2D eigenvalue weighted by Crippen LogP contribution is -2.23. The maximum Gasteiger partial charge on any atom is 0.297 e. The van der Waals surface area contributed by atoms with Crippen LogP contribution in [0.25, 0.3) is 16.9 Å². The van der Waals surface area contributed by atoms with Crippen LogP contribution in [0.3, 0.4) is 0 Å². The Kier molecular flexibility index (Phi) is 7.31. The highest BCUT2D eigenvalue weighted by molar-refractivity contribution is 7.86. The minimum atomic E-state index is -3.76. The molecule has 0 amide bonds. The first kappa shape index (κ1) is 23.9. The lowest BCUT2D eigenvalue weighted by Gasteiger charge is -2.19. The van der Waals surface area contributed by atoms with E-state index >= 15 is 0 Å². The van der Waals surface area contributed by atoms with Gasteiger partial charge in [0.2, 0.25) is 0 Å². The Morgan fingerprint density at radius 3 is 2.29 bits per heavy atom.